The Labute approximate surface area is 130 Å². The van der Waals surface area contributed by atoms with Crippen LogP contribution in [-0.4, -0.2) is 12.3 Å². The Morgan fingerprint density at radius 3 is 2.38 bits per heavy atom. The number of hydrogen-bond acceptors (Lipinski definition) is 2. The summed E-state index contributed by atoms with van der Waals surface area (Å²) in [6, 6.07) is 17.8. The van der Waals surface area contributed by atoms with Crippen LogP contribution in [0.25, 0.3) is 0 Å². The Balaban J connectivity index is 1.60. The molecule has 1 unspecified atom stereocenters. The van der Waals surface area contributed by atoms with Crippen LogP contribution in [0, 0.1) is 5.41 Å². The van der Waals surface area contributed by atoms with E-state index >= 15 is 0 Å². The first-order valence-corrected chi connectivity index (χ1v) is 8.77. The van der Waals surface area contributed by atoms with Gasteiger partial charge >= 0.3 is 0 Å². The monoisotopic (exact) mass is 295 g/mol. The molecule has 2 N–H and O–H groups in total. The Morgan fingerprint density at radius 1 is 1.00 bits per heavy atom. The minimum atomic E-state index is 0.270. The second kappa shape index (κ2) is 5.19. The van der Waals surface area contributed by atoms with Crippen LogP contribution in [0.5, 0.6) is 0 Å². The SMILES string of the molecule is NCC1(CC2CSc3ccccc32)Cc2ccccc2C1. The fraction of sp³-hybridized carbons (Fsp3) is 0.368. The lowest BCUT2D eigenvalue weighted by Gasteiger charge is -2.30. The zero-order valence-corrected chi connectivity index (χ0v) is 13.0. The maximum Gasteiger partial charge on any atom is 0.0107 e. The Bertz CT molecular complexity index is 639. The van der Waals surface area contributed by atoms with Crippen LogP contribution in [0.1, 0.15) is 29.0 Å². The summed E-state index contributed by atoms with van der Waals surface area (Å²) in [5.74, 6) is 1.89. The first-order chi connectivity index (χ1) is 10.3. The van der Waals surface area contributed by atoms with Crippen molar-refractivity contribution < 1.29 is 0 Å². The third kappa shape index (κ3) is 2.31. The van der Waals surface area contributed by atoms with Gasteiger partial charge in [-0.15, -0.1) is 11.8 Å². The highest BCUT2D eigenvalue weighted by Crippen LogP contribution is 2.48. The standard InChI is InChI=1S/C19H21NS/c20-13-19(9-14-5-1-2-6-15(14)10-19)11-16-12-21-18-8-4-3-7-17(16)18/h1-8,16H,9-13,20H2. The molecule has 0 saturated carbocycles. The molecular weight excluding hydrogens is 274 g/mol. The third-order valence-electron chi connectivity index (χ3n) is 5.16. The minimum absolute atomic E-state index is 0.270. The van der Waals surface area contributed by atoms with E-state index in [-0.39, 0.29) is 5.41 Å². The van der Waals surface area contributed by atoms with Gasteiger partial charge in [-0.3, -0.25) is 0 Å². The van der Waals surface area contributed by atoms with Crippen molar-refractivity contribution in [2.75, 3.05) is 12.3 Å². The van der Waals surface area contributed by atoms with E-state index in [4.69, 9.17) is 5.73 Å². The van der Waals surface area contributed by atoms with Gasteiger partial charge in [0.25, 0.3) is 0 Å². The Kier molecular flexibility index (Phi) is 3.31. The van der Waals surface area contributed by atoms with E-state index in [2.05, 4.69) is 48.5 Å². The van der Waals surface area contributed by atoms with Gasteiger partial charge in [-0.2, -0.15) is 0 Å². The van der Waals surface area contributed by atoms with Crippen LogP contribution >= 0.6 is 11.8 Å². The van der Waals surface area contributed by atoms with E-state index < -0.39 is 0 Å². The average molecular weight is 295 g/mol. The maximum atomic E-state index is 6.24. The molecule has 21 heavy (non-hydrogen) atoms. The molecule has 4 rings (SSSR count). The molecule has 1 atom stereocenters. The van der Waals surface area contributed by atoms with E-state index in [9.17, 15) is 0 Å². The lowest BCUT2D eigenvalue weighted by atomic mass is 9.75. The summed E-state index contributed by atoms with van der Waals surface area (Å²) in [6.45, 7) is 0.797. The van der Waals surface area contributed by atoms with Gasteiger partial charge < -0.3 is 5.73 Å². The molecule has 1 aliphatic heterocycles. The molecule has 0 aromatic heterocycles. The van der Waals surface area contributed by atoms with E-state index in [1.165, 1.54) is 28.2 Å². The predicted octanol–water partition coefficient (Wildman–Crippen LogP) is 4.01. The normalized spacial score (nSPS) is 22.0. The molecule has 2 heteroatoms. The minimum Gasteiger partial charge on any atom is -0.330 e. The zero-order valence-electron chi connectivity index (χ0n) is 12.2. The second-order valence-electron chi connectivity index (χ2n) is 6.58. The van der Waals surface area contributed by atoms with Crippen LogP contribution in [0.15, 0.2) is 53.4 Å². The Hall–Kier alpha value is -1.25. The molecule has 1 aliphatic carbocycles. The maximum absolute atomic E-state index is 6.24. The van der Waals surface area contributed by atoms with Gasteiger partial charge in [0.05, 0.1) is 0 Å². The summed E-state index contributed by atoms with van der Waals surface area (Å²) in [4.78, 5) is 1.48. The van der Waals surface area contributed by atoms with Crippen molar-refractivity contribution in [1.29, 1.82) is 0 Å². The van der Waals surface area contributed by atoms with Crippen LogP contribution in [0.3, 0.4) is 0 Å². The molecule has 0 saturated heterocycles. The molecule has 0 spiro atoms. The first kappa shape index (κ1) is 13.4. The van der Waals surface area contributed by atoms with Crippen molar-refractivity contribution in [3.8, 4) is 0 Å². The van der Waals surface area contributed by atoms with Gasteiger partial charge in [-0.25, -0.2) is 0 Å². The molecular formula is C19H21NS. The molecule has 2 aromatic carbocycles. The highest BCUT2D eigenvalue weighted by molar-refractivity contribution is 7.99. The summed E-state index contributed by atoms with van der Waals surface area (Å²) in [5.41, 5.74) is 11.1. The molecule has 1 nitrogen and oxygen atoms in total. The number of fused-ring (bicyclic) bond motifs is 2. The van der Waals surface area contributed by atoms with Crippen molar-refractivity contribution in [3.63, 3.8) is 0 Å². The summed E-state index contributed by atoms with van der Waals surface area (Å²) in [5, 5.41) is 0. The molecule has 0 amide bonds. The van der Waals surface area contributed by atoms with Crippen molar-refractivity contribution in [2.24, 2.45) is 11.1 Å². The Morgan fingerprint density at radius 2 is 1.67 bits per heavy atom. The van der Waals surface area contributed by atoms with Crippen molar-refractivity contribution >= 4 is 11.8 Å². The molecule has 108 valence electrons. The van der Waals surface area contributed by atoms with Crippen LogP contribution < -0.4 is 5.73 Å². The van der Waals surface area contributed by atoms with E-state index in [0.717, 1.165) is 19.4 Å². The highest BCUT2D eigenvalue weighted by Gasteiger charge is 2.39. The lowest BCUT2D eigenvalue weighted by molar-refractivity contribution is 0.272. The van der Waals surface area contributed by atoms with Crippen molar-refractivity contribution in [1.82, 2.24) is 0 Å². The van der Waals surface area contributed by atoms with Gasteiger partial charge in [-0.1, -0.05) is 42.5 Å². The van der Waals surface area contributed by atoms with Crippen molar-refractivity contribution in [2.45, 2.75) is 30.1 Å². The first-order valence-electron chi connectivity index (χ1n) is 7.78. The molecule has 2 aliphatic rings. The third-order valence-corrected chi connectivity index (χ3v) is 6.41. The van der Waals surface area contributed by atoms with Crippen molar-refractivity contribution in [3.05, 3.63) is 65.2 Å². The number of benzene rings is 2. The summed E-state index contributed by atoms with van der Waals surface area (Å²) < 4.78 is 0. The quantitative estimate of drug-likeness (QED) is 0.926. The van der Waals surface area contributed by atoms with Gasteiger partial charge in [0.15, 0.2) is 0 Å². The van der Waals surface area contributed by atoms with E-state index in [1.807, 2.05) is 11.8 Å². The molecule has 0 fully saturated rings. The second-order valence-corrected chi connectivity index (χ2v) is 7.64. The van der Waals surface area contributed by atoms with Gasteiger partial charge in [-0.05, 0) is 59.9 Å². The van der Waals surface area contributed by atoms with E-state index in [1.54, 1.807) is 5.56 Å². The average Bonchev–Trinajstić information content (AvgIpc) is 3.09. The molecule has 2 aromatic rings. The molecule has 0 radical (unpaired) electrons. The molecule has 1 heterocycles. The number of thioether (sulfide) groups is 1. The zero-order chi connectivity index (χ0) is 14.3. The predicted molar refractivity (Wildman–Crippen MR) is 89.9 cm³/mol. The fourth-order valence-electron chi connectivity index (χ4n) is 4.07. The van der Waals surface area contributed by atoms with Crippen LogP contribution in [0.2, 0.25) is 0 Å². The number of hydrogen-bond donors (Lipinski definition) is 1. The summed E-state index contributed by atoms with van der Waals surface area (Å²) >= 11 is 2.01. The fourth-order valence-corrected chi connectivity index (χ4v) is 5.32. The van der Waals surface area contributed by atoms with Gasteiger partial charge in [0.2, 0.25) is 0 Å². The van der Waals surface area contributed by atoms with E-state index in [0.29, 0.717) is 5.92 Å². The van der Waals surface area contributed by atoms with Crippen LogP contribution in [-0.2, 0) is 12.8 Å². The summed E-state index contributed by atoms with van der Waals surface area (Å²) in [7, 11) is 0. The molecule has 0 bridgehead atoms. The van der Waals surface area contributed by atoms with Gasteiger partial charge in [0, 0.05) is 10.6 Å². The smallest absolute Gasteiger partial charge is 0.0107 e. The van der Waals surface area contributed by atoms with Gasteiger partial charge in [0.1, 0.15) is 0 Å². The van der Waals surface area contributed by atoms with Crippen LogP contribution in [0.4, 0.5) is 0 Å². The summed E-state index contributed by atoms with van der Waals surface area (Å²) in [6.07, 6.45) is 3.54. The number of nitrogens with two attached hydrogens (primary N) is 1. The topological polar surface area (TPSA) is 26.0 Å². The lowest BCUT2D eigenvalue weighted by Crippen LogP contribution is -2.33. The highest BCUT2D eigenvalue weighted by atomic mass is 32.2. The number of rotatable bonds is 3. The largest absolute Gasteiger partial charge is 0.330 e.